The van der Waals surface area contributed by atoms with Crippen molar-refractivity contribution in [2.45, 2.75) is 6.42 Å². The number of hydrogen-bond donors (Lipinski definition) is 2. The molecule has 1 amide bonds. The van der Waals surface area contributed by atoms with Gasteiger partial charge in [0.2, 0.25) is 0 Å². The highest BCUT2D eigenvalue weighted by Gasteiger charge is 2.29. The van der Waals surface area contributed by atoms with Crippen LogP contribution in [0.4, 0.5) is 0 Å². The zero-order valence-corrected chi connectivity index (χ0v) is 10.6. The van der Waals surface area contributed by atoms with Crippen LogP contribution in [0.1, 0.15) is 26.3 Å². The van der Waals surface area contributed by atoms with E-state index in [-0.39, 0.29) is 22.8 Å². The molecular weight excluding hydrogens is 290 g/mol. The molecule has 90 valence electrons. The standard InChI is InChI=1S/C11H10BrNO4/c1-17-11(16)8-7-5(2-3-13-10(7)15)4-6(12)9(8)14/h4,14H,2-3H2,1H3,(H,13,15). The largest absolute Gasteiger partial charge is 0.506 e. The molecule has 0 aromatic heterocycles. The van der Waals surface area contributed by atoms with E-state index in [1.54, 1.807) is 6.07 Å². The summed E-state index contributed by atoms with van der Waals surface area (Å²) in [5.74, 6) is -1.36. The number of carbonyl (C=O) groups is 2. The van der Waals surface area contributed by atoms with E-state index in [0.717, 1.165) is 5.56 Å². The Bertz CT molecular complexity index is 513. The second-order valence-electron chi connectivity index (χ2n) is 3.61. The maximum atomic E-state index is 11.7. The first-order valence-corrected chi connectivity index (χ1v) is 5.76. The fourth-order valence-corrected chi connectivity index (χ4v) is 2.32. The Morgan fingerprint density at radius 3 is 2.94 bits per heavy atom. The second-order valence-corrected chi connectivity index (χ2v) is 4.47. The van der Waals surface area contributed by atoms with Crippen LogP contribution in [0.3, 0.4) is 0 Å². The third-order valence-corrected chi connectivity index (χ3v) is 3.24. The second kappa shape index (κ2) is 4.37. The molecule has 0 radical (unpaired) electrons. The van der Waals surface area contributed by atoms with Crippen LogP contribution in [0.15, 0.2) is 10.5 Å². The molecule has 1 heterocycles. The van der Waals surface area contributed by atoms with E-state index in [9.17, 15) is 14.7 Å². The van der Waals surface area contributed by atoms with Gasteiger partial charge < -0.3 is 15.2 Å². The monoisotopic (exact) mass is 299 g/mol. The minimum Gasteiger partial charge on any atom is -0.506 e. The van der Waals surface area contributed by atoms with Gasteiger partial charge in [0.15, 0.2) is 0 Å². The number of ether oxygens (including phenoxy) is 1. The summed E-state index contributed by atoms with van der Waals surface area (Å²) >= 11 is 3.15. The van der Waals surface area contributed by atoms with Crippen molar-refractivity contribution < 1.29 is 19.4 Å². The number of phenols is 1. The molecule has 1 aromatic rings. The summed E-state index contributed by atoms with van der Waals surface area (Å²) in [6.07, 6.45) is 0.615. The van der Waals surface area contributed by atoms with Crippen molar-refractivity contribution in [1.29, 1.82) is 0 Å². The summed E-state index contributed by atoms with van der Waals surface area (Å²) < 4.78 is 4.97. The van der Waals surface area contributed by atoms with Crippen LogP contribution in [0.2, 0.25) is 0 Å². The summed E-state index contributed by atoms with van der Waals surface area (Å²) in [5.41, 5.74) is 0.830. The molecule has 0 bridgehead atoms. The van der Waals surface area contributed by atoms with Gasteiger partial charge >= 0.3 is 5.97 Å². The van der Waals surface area contributed by atoms with Crippen LogP contribution in [-0.2, 0) is 11.2 Å². The molecular formula is C11H10BrNO4. The van der Waals surface area contributed by atoms with Crippen LogP contribution in [0, 0.1) is 0 Å². The van der Waals surface area contributed by atoms with Gasteiger partial charge in [0.1, 0.15) is 11.3 Å². The highest BCUT2D eigenvalue weighted by Crippen LogP contribution is 2.34. The van der Waals surface area contributed by atoms with E-state index in [4.69, 9.17) is 0 Å². The molecule has 1 aliphatic rings. The van der Waals surface area contributed by atoms with Crippen LogP contribution < -0.4 is 5.32 Å². The van der Waals surface area contributed by atoms with Gasteiger partial charge in [-0.05, 0) is 34.0 Å². The van der Waals surface area contributed by atoms with E-state index >= 15 is 0 Å². The molecule has 17 heavy (non-hydrogen) atoms. The molecule has 0 unspecified atom stereocenters. The van der Waals surface area contributed by atoms with Gasteiger partial charge in [0.05, 0.1) is 17.1 Å². The summed E-state index contributed by atoms with van der Waals surface area (Å²) in [7, 11) is 1.20. The molecule has 0 atom stereocenters. The van der Waals surface area contributed by atoms with Gasteiger partial charge in [0.25, 0.3) is 5.91 Å². The number of esters is 1. The average molecular weight is 300 g/mol. The summed E-state index contributed by atoms with van der Waals surface area (Å²) in [6.45, 7) is 0.518. The van der Waals surface area contributed by atoms with Crippen LogP contribution in [0.5, 0.6) is 5.75 Å². The van der Waals surface area contributed by atoms with Gasteiger partial charge in [-0.1, -0.05) is 0 Å². The van der Waals surface area contributed by atoms with Crippen LogP contribution >= 0.6 is 15.9 Å². The summed E-state index contributed by atoms with van der Waals surface area (Å²) in [4.78, 5) is 23.4. The highest BCUT2D eigenvalue weighted by molar-refractivity contribution is 9.10. The normalized spacial score (nSPS) is 13.9. The Morgan fingerprint density at radius 1 is 1.59 bits per heavy atom. The van der Waals surface area contributed by atoms with Crippen molar-refractivity contribution in [3.63, 3.8) is 0 Å². The highest BCUT2D eigenvalue weighted by atomic mass is 79.9. The van der Waals surface area contributed by atoms with E-state index in [2.05, 4.69) is 26.0 Å². The molecule has 0 spiro atoms. The third-order valence-electron chi connectivity index (χ3n) is 2.63. The maximum Gasteiger partial charge on any atom is 0.342 e. The number of amides is 1. The number of benzene rings is 1. The molecule has 6 heteroatoms. The predicted octanol–water partition coefficient (Wildman–Crippen LogP) is 1.23. The van der Waals surface area contributed by atoms with Crippen molar-refractivity contribution >= 4 is 27.8 Å². The first kappa shape index (κ1) is 11.9. The lowest BCUT2D eigenvalue weighted by molar-refractivity contribution is 0.0592. The SMILES string of the molecule is COC(=O)c1c(O)c(Br)cc2c1C(=O)NCC2. The molecule has 2 N–H and O–H groups in total. The van der Waals surface area contributed by atoms with Crippen molar-refractivity contribution in [3.05, 3.63) is 27.2 Å². The number of nitrogens with one attached hydrogen (secondary N) is 1. The number of rotatable bonds is 1. The minimum absolute atomic E-state index is 0.0888. The van der Waals surface area contributed by atoms with Gasteiger partial charge in [-0.2, -0.15) is 0 Å². The zero-order valence-electron chi connectivity index (χ0n) is 9.04. The van der Waals surface area contributed by atoms with Gasteiger partial charge in [0, 0.05) is 6.54 Å². The Kier molecular flexibility index (Phi) is 3.06. The quantitative estimate of drug-likeness (QED) is 0.765. The van der Waals surface area contributed by atoms with Crippen LogP contribution in [-0.4, -0.2) is 30.6 Å². The van der Waals surface area contributed by atoms with Crippen molar-refractivity contribution in [2.24, 2.45) is 0 Å². The van der Waals surface area contributed by atoms with Crippen LogP contribution in [0.25, 0.3) is 0 Å². The third kappa shape index (κ3) is 1.88. The average Bonchev–Trinajstić information content (AvgIpc) is 2.31. The van der Waals surface area contributed by atoms with E-state index in [1.165, 1.54) is 7.11 Å². The van der Waals surface area contributed by atoms with E-state index < -0.39 is 5.97 Å². The molecule has 0 fully saturated rings. The number of fused-ring (bicyclic) bond motifs is 1. The number of phenolic OH excluding ortho intramolecular Hbond substituents is 1. The lowest BCUT2D eigenvalue weighted by Gasteiger charge is -2.20. The van der Waals surface area contributed by atoms with Gasteiger partial charge in [-0.25, -0.2) is 4.79 Å². The van der Waals surface area contributed by atoms with Crippen molar-refractivity contribution in [3.8, 4) is 5.75 Å². The van der Waals surface area contributed by atoms with Gasteiger partial charge in [-0.15, -0.1) is 0 Å². The first-order valence-electron chi connectivity index (χ1n) is 4.97. The summed E-state index contributed by atoms with van der Waals surface area (Å²) in [6, 6.07) is 1.65. The molecule has 1 aromatic carbocycles. The topological polar surface area (TPSA) is 75.6 Å². The first-order chi connectivity index (χ1) is 8.06. The Labute approximate surface area is 106 Å². The van der Waals surface area contributed by atoms with Crippen molar-refractivity contribution in [2.75, 3.05) is 13.7 Å². The molecule has 1 aliphatic heterocycles. The van der Waals surface area contributed by atoms with Crippen molar-refractivity contribution in [1.82, 2.24) is 5.32 Å². The smallest absolute Gasteiger partial charge is 0.342 e. The number of hydrogen-bond acceptors (Lipinski definition) is 4. The number of carbonyl (C=O) groups excluding carboxylic acids is 2. The van der Waals surface area contributed by atoms with Gasteiger partial charge in [-0.3, -0.25) is 4.79 Å². The maximum absolute atomic E-state index is 11.7. The molecule has 0 aliphatic carbocycles. The lowest BCUT2D eigenvalue weighted by Crippen LogP contribution is -2.33. The van der Waals surface area contributed by atoms with E-state index in [1.807, 2.05) is 0 Å². The fourth-order valence-electron chi connectivity index (χ4n) is 1.85. The number of methoxy groups -OCH3 is 1. The lowest BCUT2D eigenvalue weighted by atomic mass is 9.94. The molecule has 5 nitrogen and oxygen atoms in total. The molecule has 0 saturated carbocycles. The number of halogens is 1. The Hall–Kier alpha value is -1.56. The Balaban J connectivity index is 2.74. The predicted molar refractivity (Wildman–Crippen MR) is 63.2 cm³/mol. The molecule has 2 rings (SSSR count). The minimum atomic E-state index is -0.725. The fraction of sp³-hybridized carbons (Fsp3) is 0.273. The zero-order chi connectivity index (χ0) is 12.6. The van der Waals surface area contributed by atoms with E-state index in [0.29, 0.717) is 17.4 Å². The Morgan fingerprint density at radius 2 is 2.29 bits per heavy atom. The number of aromatic hydroxyl groups is 1. The summed E-state index contributed by atoms with van der Waals surface area (Å²) in [5, 5.41) is 12.5. The molecule has 0 saturated heterocycles.